The molecule has 1 aliphatic rings. The molecule has 0 saturated heterocycles. The number of para-hydroxylation sites is 1. The van der Waals surface area contributed by atoms with Gasteiger partial charge in [0.1, 0.15) is 0 Å². The number of rotatable bonds is 1. The number of carbonyl (C=O) groups is 2. The van der Waals surface area contributed by atoms with Crippen LogP contribution in [-0.2, 0) is 4.79 Å². The van der Waals surface area contributed by atoms with Crippen molar-refractivity contribution in [3.8, 4) is 5.75 Å². The third kappa shape index (κ3) is 2.22. The van der Waals surface area contributed by atoms with E-state index in [2.05, 4.69) is 0 Å². The molecule has 0 amide bonds. The van der Waals surface area contributed by atoms with Gasteiger partial charge in [-0.05, 0) is 29.8 Å². The number of ether oxygens (including phenoxy) is 1. The summed E-state index contributed by atoms with van der Waals surface area (Å²) in [5.41, 5.74) is 2.35. The summed E-state index contributed by atoms with van der Waals surface area (Å²) in [5.74, 6) is -0.213. The first-order valence-corrected chi connectivity index (χ1v) is 8.04. The van der Waals surface area contributed by atoms with Crippen molar-refractivity contribution in [3.05, 3.63) is 64.8 Å². The van der Waals surface area contributed by atoms with Crippen LogP contribution in [0.4, 0.5) is 0 Å². The molecule has 0 saturated carbocycles. The smallest absolute Gasteiger partial charge is 0.312 e. The van der Waals surface area contributed by atoms with E-state index in [1.54, 1.807) is 10.6 Å². The van der Waals surface area contributed by atoms with Crippen molar-refractivity contribution < 1.29 is 14.3 Å². The average Bonchev–Trinajstić information content (AvgIpc) is 2.89. The molecule has 1 unspecified atom stereocenters. The van der Waals surface area contributed by atoms with Gasteiger partial charge in [-0.1, -0.05) is 35.9 Å². The van der Waals surface area contributed by atoms with Crippen LogP contribution in [0, 0.1) is 0 Å². The molecule has 0 spiro atoms. The SMILES string of the molecule is CC(=O)n1c2c(c3ccccc31)OC(=O)CC2c1cccc(Cl)c1. The Morgan fingerprint density at radius 1 is 1.21 bits per heavy atom. The number of nitrogens with zero attached hydrogens (tertiary/aromatic N) is 1. The molecule has 0 aliphatic carbocycles. The van der Waals surface area contributed by atoms with Crippen molar-refractivity contribution in [2.24, 2.45) is 0 Å². The maximum atomic E-state index is 12.3. The van der Waals surface area contributed by atoms with Crippen LogP contribution < -0.4 is 4.74 Å². The van der Waals surface area contributed by atoms with Gasteiger partial charge in [-0.3, -0.25) is 14.2 Å². The van der Waals surface area contributed by atoms with Gasteiger partial charge in [0.15, 0.2) is 5.75 Å². The van der Waals surface area contributed by atoms with Gasteiger partial charge in [0.05, 0.1) is 17.6 Å². The highest BCUT2D eigenvalue weighted by Crippen LogP contribution is 2.45. The average molecular weight is 340 g/mol. The Kier molecular flexibility index (Phi) is 3.43. The molecular formula is C19H14ClNO3. The second-order valence-electron chi connectivity index (χ2n) is 5.87. The van der Waals surface area contributed by atoms with Crippen LogP contribution in [-0.4, -0.2) is 16.4 Å². The lowest BCUT2D eigenvalue weighted by Crippen LogP contribution is -2.24. The van der Waals surface area contributed by atoms with E-state index in [0.717, 1.165) is 16.5 Å². The highest BCUT2D eigenvalue weighted by molar-refractivity contribution is 6.30. The van der Waals surface area contributed by atoms with E-state index in [9.17, 15) is 9.59 Å². The summed E-state index contributed by atoms with van der Waals surface area (Å²) in [6.45, 7) is 1.51. The van der Waals surface area contributed by atoms with Crippen LogP contribution in [0.5, 0.6) is 5.75 Å². The van der Waals surface area contributed by atoms with Crippen molar-refractivity contribution in [1.29, 1.82) is 0 Å². The number of esters is 1. The lowest BCUT2D eigenvalue weighted by molar-refractivity contribution is -0.135. The first kappa shape index (κ1) is 15.0. The minimum Gasteiger partial charge on any atom is -0.424 e. The Hall–Kier alpha value is -2.59. The molecule has 2 heterocycles. The van der Waals surface area contributed by atoms with Gasteiger partial charge in [-0.2, -0.15) is 0 Å². The predicted octanol–water partition coefficient (Wildman–Crippen LogP) is 4.40. The van der Waals surface area contributed by atoms with Crippen LogP contribution in [0.25, 0.3) is 10.9 Å². The van der Waals surface area contributed by atoms with Crippen LogP contribution in [0.3, 0.4) is 0 Å². The van der Waals surface area contributed by atoms with Crippen molar-refractivity contribution >= 4 is 34.4 Å². The Balaban J connectivity index is 2.05. The van der Waals surface area contributed by atoms with Crippen LogP contribution in [0.1, 0.15) is 35.3 Å². The number of benzene rings is 2. The van der Waals surface area contributed by atoms with E-state index in [0.29, 0.717) is 16.5 Å². The van der Waals surface area contributed by atoms with E-state index in [4.69, 9.17) is 16.3 Å². The van der Waals surface area contributed by atoms with Crippen molar-refractivity contribution in [1.82, 2.24) is 4.57 Å². The zero-order valence-electron chi connectivity index (χ0n) is 13.0. The summed E-state index contributed by atoms with van der Waals surface area (Å²) in [7, 11) is 0. The van der Waals surface area contributed by atoms with Crippen LogP contribution in [0.2, 0.25) is 5.02 Å². The summed E-state index contributed by atoms with van der Waals surface area (Å²) < 4.78 is 7.15. The minimum absolute atomic E-state index is 0.113. The molecule has 2 aromatic carbocycles. The van der Waals surface area contributed by atoms with E-state index in [1.807, 2.05) is 42.5 Å². The molecule has 5 heteroatoms. The summed E-state index contributed by atoms with van der Waals surface area (Å²) >= 11 is 6.12. The standard InChI is InChI=1S/C19H14ClNO3/c1-11(22)21-16-8-3-2-7-14(16)19-18(21)15(10-17(23)24-19)12-5-4-6-13(20)9-12/h2-9,15H,10H2,1H3. The molecule has 3 aromatic rings. The fourth-order valence-corrected chi connectivity index (χ4v) is 3.61. The zero-order chi connectivity index (χ0) is 16.8. The van der Waals surface area contributed by atoms with Crippen LogP contribution in [0.15, 0.2) is 48.5 Å². The molecule has 0 fully saturated rings. The van der Waals surface area contributed by atoms with Gasteiger partial charge in [-0.15, -0.1) is 0 Å². The highest BCUT2D eigenvalue weighted by atomic mass is 35.5. The molecular weight excluding hydrogens is 326 g/mol. The Morgan fingerprint density at radius 2 is 2.00 bits per heavy atom. The largest absolute Gasteiger partial charge is 0.424 e. The third-order valence-corrected chi connectivity index (χ3v) is 4.58. The molecule has 1 aromatic heterocycles. The number of aromatic nitrogens is 1. The molecule has 120 valence electrons. The Bertz CT molecular complexity index is 989. The molecule has 0 N–H and O–H groups in total. The van der Waals surface area contributed by atoms with E-state index in [1.165, 1.54) is 6.92 Å². The van der Waals surface area contributed by atoms with Gasteiger partial charge in [-0.25, -0.2) is 0 Å². The third-order valence-electron chi connectivity index (χ3n) is 4.35. The number of fused-ring (bicyclic) bond motifs is 3. The topological polar surface area (TPSA) is 48.3 Å². The first-order valence-electron chi connectivity index (χ1n) is 7.66. The van der Waals surface area contributed by atoms with Gasteiger partial charge < -0.3 is 4.74 Å². The van der Waals surface area contributed by atoms with Gasteiger partial charge in [0.2, 0.25) is 5.91 Å². The van der Waals surface area contributed by atoms with Crippen LogP contribution >= 0.6 is 11.6 Å². The number of carbonyl (C=O) groups excluding carboxylic acids is 2. The molecule has 1 atom stereocenters. The van der Waals surface area contributed by atoms with E-state index < -0.39 is 0 Å². The highest BCUT2D eigenvalue weighted by Gasteiger charge is 2.35. The Morgan fingerprint density at radius 3 is 2.75 bits per heavy atom. The molecule has 0 radical (unpaired) electrons. The van der Waals surface area contributed by atoms with E-state index in [-0.39, 0.29) is 24.2 Å². The lowest BCUT2D eigenvalue weighted by Gasteiger charge is -2.24. The van der Waals surface area contributed by atoms with E-state index >= 15 is 0 Å². The maximum Gasteiger partial charge on any atom is 0.312 e. The van der Waals surface area contributed by atoms with Gasteiger partial charge in [0, 0.05) is 23.3 Å². The molecule has 4 nitrogen and oxygen atoms in total. The quantitative estimate of drug-likeness (QED) is 0.617. The molecule has 1 aliphatic heterocycles. The zero-order valence-corrected chi connectivity index (χ0v) is 13.7. The minimum atomic E-state index is -0.307. The second kappa shape index (κ2) is 5.49. The molecule has 4 rings (SSSR count). The second-order valence-corrected chi connectivity index (χ2v) is 6.31. The lowest BCUT2D eigenvalue weighted by atomic mass is 9.90. The number of hydrogen-bond acceptors (Lipinski definition) is 3. The normalized spacial score (nSPS) is 16.8. The first-order chi connectivity index (χ1) is 11.6. The van der Waals surface area contributed by atoms with Crippen molar-refractivity contribution in [2.45, 2.75) is 19.3 Å². The fourth-order valence-electron chi connectivity index (χ4n) is 3.41. The summed E-state index contributed by atoms with van der Waals surface area (Å²) in [6, 6.07) is 14.8. The monoisotopic (exact) mass is 339 g/mol. The summed E-state index contributed by atoms with van der Waals surface area (Å²) in [4.78, 5) is 24.5. The Labute approximate surface area is 143 Å². The molecule has 0 bridgehead atoms. The summed E-state index contributed by atoms with van der Waals surface area (Å²) in [5, 5.41) is 1.36. The number of hydrogen-bond donors (Lipinski definition) is 0. The molecule has 24 heavy (non-hydrogen) atoms. The summed E-state index contributed by atoms with van der Waals surface area (Å²) in [6.07, 6.45) is 0.178. The van der Waals surface area contributed by atoms with Gasteiger partial charge >= 0.3 is 5.97 Å². The maximum absolute atomic E-state index is 12.3. The fraction of sp³-hybridized carbons (Fsp3) is 0.158. The predicted molar refractivity (Wildman–Crippen MR) is 91.8 cm³/mol. The van der Waals surface area contributed by atoms with Gasteiger partial charge in [0.25, 0.3) is 0 Å². The van der Waals surface area contributed by atoms with Crippen molar-refractivity contribution in [2.75, 3.05) is 0 Å². The number of halogens is 1. The van der Waals surface area contributed by atoms with Crippen molar-refractivity contribution in [3.63, 3.8) is 0 Å².